The van der Waals surface area contributed by atoms with E-state index in [9.17, 15) is 5.26 Å². The van der Waals surface area contributed by atoms with E-state index >= 15 is 0 Å². The predicted octanol–water partition coefficient (Wildman–Crippen LogP) is 2.65. The fourth-order valence-electron chi connectivity index (χ4n) is 2.09. The van der Waals surface area contributed by atoms with Crippen LogP contribution in [-0.2, 0) is 0 Å². The molecule has 3 rings (SSSR count). The van der Waals surface area contributed by atoms with Crippen molar-refractivity contribution in [1.82, 2.24) is 14.5 Å². The smallest absolute Gasteiger partial charge is 0.215 e. The molecule has 0 bridgehead atoms. The Kier molecular flexibility index (Phi) is 3.23. The van der Waals surface area contributed by atoms with Crippen LogP contribution in [0.5, 0.6) is 5.88 Å². The first-order valence-corrected chi connectivity index (χ1v) is 6.82. The van der Waals surface area contributed by atoms with Crippen LogP contribution in [0.1, 0.15) is 5.56 Å². The van der Waals surface area contributed by atoms with Gasteiger partial charge in [0.1, 0.15) is 11.6 Å². The summed E-state index contributed by atoms with van der Waals surface area (Å²) in [5.74, 6) is 0.720. The Morgan fingerprint density at radius 1 is 1.29 bits per heavy atom. The van der Waals surface area contributed by atoms with Crippen LogP contribution >= 0.6 is 15.9 Å². The second kappa shape index (κ2) is 5.07. The zero-order valence-electron chi connectivity index (χ0n) is 11.0. The van der Waals surface area contributed by atoms with Gasteiger partial charge < -0.3 is 10.5 Å². The number of nitrogens with zero attached hydrogens (tertiary/aromatic N) is 4. The molecule has 1 aromatic carbocycles. The summed E-state index contributed by atoms with van der Waals surface area (Å²) >= 11 is 3.40. The highest BCUT2D eigenvalue weighted by atomic mass is 79.9. The van der Waals surface area contributed by atoms with Crippen LogP contribution in [0, 0.1) is 11.3 Å². The van der Waals surface area contributed by atoms with Gasteiger partial charge in [0.15, 0.2) is 5.65 Å². The van der Waals surface area contributed by atoms with Crippen molar-refractivity contribution in [2.45, 2.75) is 0 Å². The van der Waals surface area contributed by atoms with Gasteiger partial charge in [-0.1, -0.05) is 15.9 Å². The van der Waals surface area contributed by atoms with E-state index in [1.807, 2.05) is 0 Å². The molecule has 3 aromatic rings. The second-order valence-corrected chi connectivity index (χ2v) is 5.19. The normalized spacial score (nSPS) is 10.5. The third-order valence-electron chi connectivity index (χ3n) is 3.04. The zero-order chi connectivity index (χ0) is 15.0. The minimum Gasteiger partial charge on any atom is -0.481 e. The van der Waals surface area contributed by atoms with Gasteiger partial charge in [0, 0.05) is 10.5 Å². The van der Waals surface area contributed by atoms with Crippen molar-refractivity contribution >= 4 is 33.0 Å². The summed E-state index contributed by atoms with van der Waals surface area (Å²) in [6, 6.07) is 10.9. The molecule has 2 N–H and O–H groups in total. The van der Waals surface area contributed by atoms with Crippen molar-refractivity contribution in [3.63, 3.8) is 0 Å². The number of methoxy groups -OCH3 is 1. The minimum atomic E-state index is 0.264. The zero-order valence-corrected chi connectivity index (χ0v) is 12.6. The molecule has 0 amide bonds. The summed E-state index contributed by atoms with van der Waals surface area (Å²) < 4.78 is 7.61. The molecule has 0 fully saturated rings. The van der Waals surface area contributed by atoms with Crippen LogP contribution in [0.2, 0.25) is 0 Å². The summed E-state index contributed by atoms with van der Waals surface area (Å²) in [7, 11) is 1.54. The molecule has 104 valence electrons. The summed E-state index contributed by atoms with van der Waals surface area (Å²) in [5, 5.41) is 9.29. The lowest BCUT2D eigenvalue weighted by atomic mass is 10.2. The van der Waals surface area contributed by atoms with Gasteiger partial charge in [0.2, 0.25) is 11.8 Å². The summed E-state index contributed by atoms with van der Waals surface area (Å²) in [6.07, 6.45) is 0. The quantitative estimate of drug-likeness (QED) is 0.772. The first kappa shape index (κ1) is 13.4. The number of imidazole rings is 1. The number of fused-ring (bicyclic) bond motifs is 1. The van der Waals surface area contributed by atoms with Gasteiger partial charge in [0.25, 0.3) is 0 Å². The van der Waals surface area contributed by atoms with Crippen LogP contribution in [0.3, 0.4) is 0 Å². The van der Waals surface area contributed by atoms with Crippen LogP contribution < -0.4 is 10.5 Å². The van der Waals surface area contributed by atoms with E-state index in [0.29, 0.717) is 28.3 Å². The van der Waals surface area contributed by atoms with E-state index in [1.54, 1.807) is 34.9 Å². The van der Waals surface area contributed by atoms with Crippen LogP contribution in [0.25, 0.3) is 16.9 Å². The number of anilines is 1. The Balaban J connectivity index is 2.37. The molecule has 0 spiro atoms. The van der Waals surface area contributed by atoms with Crippen molar-refractivity contribution in [3.05, 3.63) is 40.4 Å². The molecule has 0 unspecified atom stereocenters. The molecule has 0 atom stereocenters. The number of ether oxygens (including phenoxy) is 1. The lowest BCUT2D eigenvalue weighted by Gasteiger charge is -2.09. The van der Waals surface area contributed by atoms with Gasteiger partial charge in [-0.2, -0.15) is 10.2 Å². The molecule has 0 aliphatic heterocycles. The molecule has 0 aliphatic rings. The van der Waals surface area contributed by atoms with E-state index in [2.05, 4.69) is 32.0 Å². The highest BCUT2D eigenvalue weighted by Crippen LogP contribution is 2.27. The van der Waals surface area contributed by atoms with Crippen molar-refractivity contribution < 1.29 is 4.74 Å². The Labute approximate surface area is 128 Å². The molecule has 7 heteroatoms. The van der Waals surface area contributed by atoms with Gasteiger partial charge >= 0.3 is 0 Å². The standard InChI is InChI=1S/C14H10BrN5O/c1-21-12-5-4-10-13(19-12)20(14(17)18-10)11-6-9(15)3-2-8(11)7-16/h2-6H,1H3,(H2,17,18). The molecule has 2 aromatic heterocycles. The Bertz CT molecular complexity index is 881. The molecular formula is C14H10BrN5O. The van der Waals surface area contributed by atoms with Crippen molar-refractivity contribution in [2.24, 2.45) is 0 Å². The predicted molar refractivity (Wildman–Crippen MR) is 82.2 cm³/mol. The van der Waals surface area contributed by atoms with Gasteiger partial charge in [-0.25, -0.2) is 4.98 Å². The van der Waals surface area contributed by atoms with Crippen LogP contribution in [0.4, 0.5) is 5.95 Å². The average molecular weight is 344 g/mol. The van der Waals surface area contributed by atoms with Crippen LogP contribution in [0.15, 0.2) is 34.8 Å². The minimum absolute atomic E-state index is 0.264. The molecule has 0 radical (unpaired) electrons. The van der Waals surface area contributed by atoms with E-state index < -0.39 is 0 Å². The van der Waals surface area contributed by atoms with E-state index in [1.165, 1.54) is 7.11 Å². The third kappa shape index (κ3) is 2.19. The maximum Gasteiger partial charge on any atom is 0.215 e. The largest absolute Gasteiger partial charge is 0.481 e. The van der Waals surface area contributed by atoms with Crippen molar-refractivity contribution in [3.8, 4) is 17.6 Å². The number of nitriles is 1. The topological polar surface area (TPSA) is 89.8 Å². The van der Waals surface area contributed by atoms with Gasteiger partial charge in [-0.3, -0.25) is 4.57 Å². The highest BCUT2D eigenvalue weighted by molar-refractivity contribution is 9.10. The number of halogens is 1. The Morgan fingerprint density at radius 3 is 2.81 bits per heavy atom. The SMILES string of the molecule is COc1ccc2nc(N)n(-c3cc(Br)ccc3C#N)c2n1. The van der Waals surface area contributed by atoms with Gasteiger partial charge in [-0.05, 0) is 24.3 Å². The van der Waals surface area contributed by atoms with E-state index in [4.69, 9.17) is 10.5 Å². The summed E-state index contributed by atoms with van der Waals surface area (Å²) in [4.78, 5) is 8.64. The number of rotatable bonds is 2. The number of hydrogen-bond acceptors (Lipinski definition) is 5. The molecule has 0 saturated carbocycles. The van der Waals surface area contributed by atoms with E-state index in [-0.39, 0.29) is 5.95 Å². The van der Waals surface area contributed by atoms with Gasteiger partial charge in [0.05, 0.1) is 18.4 Å². The van der Waals surface area contributed by atoms with E-state index in [0.717, 1.165) is 4.47 Å². The number of aromatic nitrogens is 3. The number of nitrogen functional groups attached to an aromatic ring is 1. The number of nitrogens with two attached hydrogens (primary N) is 1. The number of pyridine rings is 1. The maximum atomic E-state index is 9.29. The molecule has 0 saturated heterocycles. The molecular weight excluding hydrogens is 334 g/mol. The third-order valence-corrected chi connectivity index (χ3v) is 3.53. The fourth-order valence-corrected chi connectivity index (χ4v) is 2.44. The number of hydrogen-bond donors (Lipinski definition) is 1. The lowest BCUT2D eigenvalue weighted by molar-refractivity contribution is 0.399. The summed E-state index contributed by atoms with van der Waals surface area (Å²) in [5.41, 5.74) is 8.27. The monoisotopic (exact) mass is 343 g/mol. The average Bonchev–Trinajstić information content (AvgIpc) is 2.81. The fraction of sp³-hybridized carbons (Fsp3) is 0.0714. The van der Waals surface area contributed by atoms with Crippen LogP contribution in [-0.4, -0.2) is 21.6 Å². The Morgan fingerprint density at radius 2 is 2.10 bits per heavy atom. The molecule has 0 aliphatic carbocycles. The highest BCUT2D eigenvalue weighted by Gasteiger charge is 2.15. The van der Waals surface area contributed by atoms with Gasteiger partial charge in [-0.15, -0.1) is 0 Å². The molecule has 2 heterocycles. The second-order valence-electron chi connectivity index (χ2n) is 4.28. The van der Waals surface area contributed by atoms with Crippen molar-refractivity contribution in [2.75, 3.05) is 12.8 Å². The first-order valence-electron chi connectivity index (χ1n) is 6.03. The molecule has 21 heavy (non-hydrogen) atoms. The molecule has 6 nitrogen and oxygen atoms in total. The lowest BCUT2D eigenvalue weighted by Crippen LogP contribution is -2.04. The number of benzene rings is 1. The Hall–Kier alpha value is -2.59. The maximum absolute atomic E-state index is 9.29. The summed E-state index contributed by atoms with van der Waals surface area (Å²) in [6.45, 7) is 0. The van der Waals surface area contributed by atoms with Crippen molar-refractivity contribution in [1.29, 1.82) is 5.26 Å². The first-order chi connectivity index (χ1) is 10.1.